The van der Waals surface area contributed by atoms with Gasteiger partial charge in [0.15, 0.2) is 0 Å². The lowest BCUT2D eigenvalue weighted by Gasteiger charge is -2.13. The minimum Gasteiger partial charge on any atom is -0.356 e. The van der Waals surface area contributed by atoms with Gasteiger partial charge in [0.05, 0.1) is 0 Å². The fraction of sp³-hybridized carbons (Fsp3) is 0.909. The number of hydrogen-bond acceptors (Lipinski definition) is 3. The van der Waals surface area contributed by atoms with Crippen molar-refractivity contribution in [3.05, 3.63) is 0 Å². The van der Waals surface area contributed by atoms with E-state index < -0.39 is 0 Å². The first-order valence-electron chi connectivity index (χ1n) is 5.63. The molecule has 90 valence electrons. The monoisotopic (exact) mass is 232 g/mol. The van der Waals surface area contributed by atoms with E-state index in [2.05, 4.69) is 23.8 Å². The fourth-order valence-corrected chi connectivity index (χ4v) is 1.50. The lowest BCUT2D eigenvalue weighted by Crippen LogP contribution is -2.36. The second-order valence-corrected chi connectivity index (χ2v) is 5.11. The van der Waals surface area contributed by atoms with Crippen molar-refractivity contribution in [1.82, 2.24) is 10.6 Å². The maximum absolute atomic E-state index is 11.6. The van der Waals surface area contributed by atoms with Gasteiger partial charge in [-0.1, -0.05) is 20.8 Å². The molecule has 1 amide bonds. The number of carbonyl (C=O) groups is 1. The molecule has 0 heterocycles. The number of hydrogen-bond donors (Lipinski definition) is 2. The van der Waals surface area contributed by atoms with E-state index in [4.69, 9.17) is 0 Å². The highest BCUT2D eigenvalue weighted by Gasteiger charge is 2.11. The van der Waals surface area contributed by atoms with Gasteiger partial charge in [0.1, 0.15) is 0 Å². The van der Waals surface area contributed by atoms with Gasteiger partial charge < -0.3 is 10.6 Å². The van der Waals surface area contributed by atoms with E-state index in [0.29, 0.717) is 5.25 Å². The van der Waals surface area contributed by atoms with E-state index >= 15 is 0 Å². The first-order chi connectivity index (χ1) is 7.11. The van der Waals surface area contributed by atoms with Gasteiger partial charge in [-0.05, 0) is 19.2 Å². The van der Waals surface area contributed by atoms with E-state index in [-0.39, 0.29) is 11.8 Å². The molecule has 0 rings (SSSR count). The van der Waals surface area contributed by atoms with Crippen molar-refractivity contribution >= 4 is 17.7 Å². The molecule has 0 aliphatic rings. The largest absolute Gasteiger partial charge is 0.356 e. The van der Waals surface area contributed by atoms with Crippen molar-refractivity contribution in [3.63, 3.8) is 0 Å². The SMILES string of the molecule is CCNCC(C)C(=O)NCCC(C)SC. The van der Waals surface area contributed by atoms with Gasteiger partial charge in [-0.15, -0.1) is 0 Å². The summed E-state index contributed by atoms with van der Waals surface area (Å²) in [5.41, 5.74) is 0. The number of rotatable bonds is 8. The predicted molar refractivity (Wildman–Crippen MR) is 68.3 cm³/mol. The Bertz CT molecular complexity index is 176. The van der Waals surface area contributed by atoms with Crippen molar-refractivity contribution in [1.29, 1.82) is 0 Å². The Morgan fingerprint density at radius 1 is 1.40 bits per heavy atom. The molecule has 0 aliphatic carbocycles. The van der Waals surface area contributed by atoms with Crippen molar-refractivity contribution in [2.24, 2.45) is 5.92 Å². The molecule has 4 heteroatoms. The summed E-state index contributed by atoms with van der Waals surface area (Å²) < 4.78 is 0. The molecular formula is C11H24N2OS. The molecule has 3 nitrogen and oxygen atoms in total. The molecule has 0 saturated heterocycles. The topological polar surface area (TPSA) is 41.1 Å². The molecule has 2 unspecified atom stereocenters. The third-order valence-corrected chi connectivity index (χ3v) is 3.44. The molecule has 0 radical (unpaired) electrons. The van der Waals surface area contributed by atoms with Gasteiger partial charge in [0, 0.05) is 24.3 Å². The molecule has 0 saturated carbocycles. The van der Waals surface area contributed by atoms with Gasteiger partial charge >= 0.3 is 0 Å². The van der Waals surface area contributed by atoms with Gasteiger partial charge in [-0.25, -0.2) is 0 Å². The van der Waals surface area contributed by atoms with Crippen LogP contribution in [0.2, 0.25) is 0 Å². The average molecular weight is 232 g/mol. The van der Waals surface area contributed by atoms with Crippen LogP contribution in [0.3, 0.4) is 0 Å². The van der Waals surface area contributed by atoms with Crippen LogP contribution in [0.1, 0.15) is 27.2 Å². The lowest BCUT2D eigenvalue weighted by atomic mass is 10.1. The predicted octanol–water partition coefficient (Wildman–Crippen LogP) is 1.49. The molecule has 0 fully saturated rings. The van der Waals surface area contributed by atoms with Crippen LogP contribution in [0.25, 0.3) is 0 Å². The Morgan fingerprint density at radius 2 is 2.07 bits per heavy atom. The van der Waals surface area contributed by atoms with Gasteiger partial charge in [0.2, 0.25) is 5.91 Å². The summed E-state index contributed by atoms with van der Waals surface area (Å²) in [6.07, 6.45) is 3.14. The lowest BCUT2D eigenvalue weighted by molar-refractivity contribution is -0.124. The molecule has 0 spiro atoms. The van der Waals surface area contributed by atoms with Crippen LogP contribution < -0.4 is 10.6 Å². The fourth-order valence-electron chi connectivity index (χ4n) is 1.14. The van der Waals surface area contributed by atoms with Gasteiger partial charge in [-0.2, -0.15) is 11.8 Å². The Balaban J connectivity index is 3.55. The van der Waals surface area contributed by atoms with E-state index in [9.17, 15) is 4.79 Å². The summed E-state index contributed by atoms with van der Waals surface area (Å²) in [6.45, 7) is 8.65. The van der Waals surface area contributed by atoms with Crippen LogP contribution in [0, 0.1) is 5.92 Å². The number of amides is 1. The highest BCUT2D eigenvalue weighted by Crippen LogP contribution is 2.08. The Morgan fingerprint density at radius 3 is 2.60 bits per heavy atom. The molecule has 2 atom stereocenters. The second-order valence-electron chi connectivity index (χ2n) is 3.83. The second kappa shape index (κ2) is 9.04. The quantitative estimate of drug-likeness (QED) is 0.666. The van der Waals surface area contributed by atoms with E-state index in [1.54, 1.807) is 0 Å². The molecule has 0 bridgehead atoms. The Labute approximate surface area is 97.8 Å². The van der Waals surface area contributed by atoms with Crippen molar-refractivity contribution in [3.8, 4) is 0 Å². The smallest absolute Gasteiger partial charge is 0.224 e. The van der Waals surface area contributed by atoms with Crippen molar-refractivity contribution < 1.29 is 4.79 Å². The molecule has 2 N–H and O–H groups in total. The number of thioether (sulfide) groups is 1. The molecule has 0 aromatic heterocycles. The van der Waals surface area contributed by atoms with Crippen LogP contribution in [-0.4, -0.2) is 37.0 Å². The summed E-state index contributed by atoms with van der Waals surface area (Å²) >= 11 is 1.84. The normalized spacial score (nSPS) is 14.7. The average Bonchev–Trinajstić information content (AvgIpc) is 2.25. The summed E-state index contributed by atoms with van der Waals surface area (Å²) in [7, 11) is 0. The molecule has 0 aromatic carbocycles. The standard InChI is InChI=1S/C11H24N2OS/c1-5-12-8-9(2)11(14)13-7-6-10(3)15-4/h9-10,12H,5-8H2,1-4H3,(H,13,14). The Kier molecular flexibility index (Phi) is 8.91. The summed E-state index contributed by atoms with van der Waals surface area (Å²) in [5.74, 6) is 0.221. The maximum Gasteiger partial charge on any atom is 0.224 e. The molecule has 15 heavy (non-hydrogen) atoms. The van der Waals surface area contributed by atoms with Crippen LogP contribution in [-0.2, 0) is 4.79 Å². The van der Waals surface area contributed by atoms with Crippen LogP contribution in [0.5, 0.6) is 0 Å². The van der Waals surface area contributed by atoms with Crippen LogP contribution in [0.15, 0.2) is 0 Å². The van der Waals surface area contributed by atoms with Crippen molar-refractivity contribution in [2.45, 2.75) is 32.4 Å². The zero-order valence-electron chi connectivity index (χ0n) is 10.3. The first kappa shape index (κ1) is 14.8. The van der Waals surface area contributed by atoms with Gasteiger partial charge in [-0.3, -0.25) is 4.79 Å². The van der Waals surface area contributed by atoms with Crippen LogP contribution in [0.4, 0.5) is 0 Å². The van der Waals surface area contributed by atoms with Crippen molar-refractivity contribution in [2.75, 3.05) is 25.9 Å². The highest BCUT2D eigenvalue weighted by molar-refractivity contribution is 7.99. The zero-order chi connectivity index (χ0) is 11.7. The third-order valence-electron chi connectivity index (χ3n) is 2.40. The van der Waals surface area contributed by atoms with E-state index in [1.807, 2.05) is 25.6 Å². The third kappa shape index (κ3) is 7.68. The minimum atomic E-state index is 0.0644. The summed E-state index contributed by atoms with van der Waals surface area (Å²) in [4.78, 5) is 11.6. The summed E-state index contributed by atoms with van der Waals surface area (Å²) in [6, 6.07) is 0. The zero-order valence-corrected chi connectivity index (χ0v) is 11.1. The maximum atomic E-state index is 11.6. The summed E-state index contributed by atoms with van der Waals surface area (Å²) in [5, 5.41) is 6.76. The minimum absolute atomic E-state index is 0.0644. The molecular weight excluding hydrogens is 208 g/mol. The number of carbonyl (C=O) groups excluding carboxylic acids is 1. The van der Waals surface area contributed by atoms with E-state index in [1.165, 1.54) is 0 Å². The first-order valence-corrected chi connectivity index (χ1v) is 6.91. The number of nitrogens with one attached hydrogen (secondary N) is 2. The Hall–Kier alpha value is -0.220. The highest BCUT2D eigenvalue weighted by atomic mass is 32.2. The molecule has 0 aliphatic heterocycles. The molecule has 0 aromatic rings. The van der Waals surface area contributed by atoms with Gasteiger partial charge in [0.25, 0.3) is 0 Å². The van der Waals surface area contributed by atoms with E-state index in [0.717, 1.165) is 26.1 Å². The van der Waals surface area contributed by atoms with Crippen LogP contribution >= 0.6 is 11.8 Å².